The Balaban J connectivity index is 1.72. The molecule has 7 heteroatoms. The zero-order valence-electron chi connectivity index (χ0n) is 17.3. The molecular weight excluding hydrogens is 407 g/mol. The molecule has 2 N–H and O–H groups in total. The molecular formula is C25H19FN4O2. The van der Waals surface area contributed by atoms with Crippen molar-refractivity contribution < 1.29 is 13.9 Å². The molecule has 2 heterocycles. The van der Waals surface area contributed by atoms with E-state index in [1.807, 2.05) is 30.3 Å². The maximum Gasteiger partial charge on any atom is 0.267 e. The van der Waals surface area contributed by atoms with Gasteiger partial charge in [0.05, 0.1) is 12.6 Å². The van der Waals surface area contributed by atoms with Crippen LogP contribution in [0.4, 0.5) is 4.39 Å². The monoisotopic (exact) mass is 426 g/mol. The lowest BCUT2D eigenvalue weighted by molar-refractivity contribution is 0.0996. The lowest BCUT2D eigenvalue weighted by Crippen LogP contribution is -2.13. The van der Waals surface area contributed by atoms with Crippen LogP contribution in [0.1, 0.15) is 27.3 Å². The molecule has 0 aliphatic heterocycles. The number of carbonyl (C=O) groups is 1. The summed E-state index contributed by atoms with van der Waals surface area (Å²) in [6.07, 6.45) is 3.12. The number of carbonyl (C=O) groups excluding carboxylic acids is 1. The van der Waals surface area contributed by atoms with Gasteiger partial charge in [0.15, 0.2) is 0 Å². The Morgan fingerprint density at radius 1 is 1.06 bits per heavy atom. The fraction of sp³-hybridized carbons (Fsp3) is 0.120. The van der Waals surface area contributed by atoms with Gasteiger partial charge in [0.2, 0.25) is 0 Å². The maximum atomic E-state index is 14.8. The normalized spacial score (nSPS) is 10.7. The molecule has 0 fully saturated rings. The number of benzene rings is 2. The van der Waals surface area contributed by atoms with E-state index in [0.717, 1.165) is 17.5 Å². The fourth-order valence-corrected chi connectivity index (χ4v) is 3.55. The summed E-state index contributed by atoms with van der Waals surface area (Å²) < 4.78 is 19.9. The fourth-order valence-electron chi connectivity index (χ4n) is 3.55. The number of hydrogen-bond donors (Lipinski definition) is 1. The lowest BCUT2D eigenvalue weighted by atomic mass is 9.97. The maximum absolute atomic E-state index is 14.8. The van der Waals surface area contributed by atoms with E-state index >= 15 is 0 Å². The van der Waals surface area contributed by atoms with Crippen molar-refractivity contribution >= 4 is 16.8 Å². The summed E-state index contributed by atoms with van der Waals surface area (Å²) in [6, 6.07) is 17.4. The molecule has 0 aliphatic carbocycles. The highest BCUT2D eigenvalue weighted by molar-refractivity contribution is 6.01. The molecule has 6 nitrogen and oxygen atoms in total. The number of fused-ring (bicyclic) bond motifs is 1. The van der Waals surface area contributed by atoms with Crippen LogP contribution in [0.5, 0.6) is 5.75 Å². The Morgan fingerprint density at radius 2 is 1.84 bits per heavy atom. The molecule has 32 heavy (non-hydrogen) atoms. The van der Waals surface area contributed by atoms with Crippen LogP contribution in [-0.2, 0) is 12.8 Å². The lowest BCUT2D eigenvalue weighted by Gasteiger charge is -2.12. The smallest absolute Gasteiger partial charge is 0.267 e. The van der Waals surface area contributed by atoms with Gasteiger partial charge in [-0.05, 0) is 59.9 Å². The summed E-state index contributed by atoms with van der Waals surface area (Å²) in [7, 11) is 1.47. The van der Waals surface area contributed by atoms with E-state index in [9.17, 15) is 9.18 Å². The first-order valence-electron chi connectivity index (χ1n) is 9.91. The average Bonchev–Trinajstić information content (AvgIpc) is 2.82. The van der Waals surface area contributed by atoms with Crippen molar-refractivity contribution in [2.45, 2.75) is 12.8 Å². The first-order chi connectivity index (χ1) is 15.5. The Kier molecular flexibility index (Phi) is 5.77. The van der Waals surface area contributed by atoms with Crippen LogP contribution >= 0.6 is 0 Å². The number of methoxy groups -OCH3 is 1. The van der Waals surface area contributed by atoms with Gasteiger partial charge < -0.3 is 10.5 Å². The minimum Gasteiger partial charge on any atom is -0.497 e. The number of pyridine rings is 2. The third-order valence-corrected chi connectivity index (χ3v) is 5.23. The standard InChI is InChI=1S/C25H19FN4O2/c1-32-18-7-9-19(22(26)11-18)21-12-24(25(28)31)30-23-10-15(5-8-20(21)23)2-3-16-4-6-17(13-27)29-14-16/h4-12,14H,2-3H2,1H3,(H2,28,31). The zero-order chi connectivity index (χ0) is 22.7. The second kappa shape index (κ2) is 8.82. The third-order valence-electron chi connectivity index (χ3n) is 5.23. The minimum absolute atomic E-state index is 0.0659. The van der Waals surface area contributed by atoms with Gasteiger partial charge in [-0.1, -0.05) is 18.2 Å². The summed E-state index contributed by atoms with van der Waals surface area (Å²) in [4.78, 5) is 20.4. The molecule has 158 valence electrons. The summed E-state index contributed by atoms with van der Waals surface area (Å²) in [5.74, 6) is -0.750. The number of amides is 1. The highest BCUT2D eigenvalue weighted by Crippen LogP contribution is 2.33. The molecule has 0 saturated carbocycles. The molecule has 4 aromatic rings. The van der Waals surface area contributed by atoms with Gasteiger partial charge in [-0.15, -0.1) is 0 Å². The molecule has 0 spiro atoms. The number of ether oxygens (including phenoxy) is 1. The number of primary amides is 1. The molecule has 2 aromatic heterocycles. The first kappa shape index (κ1) is 20.9. The van der Waals surface area contributed by atoms with E-state index in [-0.39, 0.29) is 5.69 Å². The van der Waals surface area contributed by atoms with Gasteiger partial charge in [-0.25, -0.2) is 14.4 Å². The number of rotatable bonds is 6. The second-order valence-electron chi connectivity index (χ2n) is 7.28. The topological polar surface area (TPSA) is 102 Å². The molecule has 2 aromatic carbocycles. The van der Waals surface area contributed by atoms with Crippen molar-refractivity contribution in [3.8, 4) is 22.9 Å². The summed E-state index contributed by atoms with van der Waals surface area (Å²) >= 11 is 0. The Labute approximate surface area is 184 Å². The first-order valence-corrected chi connectivity index (χ1v) is 9.91. The molecule has 0 unspecified atom stereocenters. The SMILES string of the molecule is COc1ccc(-c2cc(C(N)=O)nc3cc(CCc4ccc(C#N)nc4)ccc23)c(F)c1. The van der Waals surface area contributed by atoms with Crippen LogP contribution in [0.2, 0.25) is 0 Å². The van der Waals surface area contributed by atoms with Crippen LogP contribution < -0.4 is 10.5 Å². The average molecular weight is 426 g/mol. The Morgan fingerprint density at radius 3 is 2.50 bits per heavy atom. The highest BCUT2D eigenvalue weighted by Gasteiger charge is 2.15. The Bertz CT molecular complexity index is 1360. The van der Waals surface area contributed by atoms with E-state index in [0.29, 0.717) is 39.9 Å². The van der Waals surface area contributed by atoms with Gasteiger partial charge in [0, 0.05) is 23.2 Å². The van der Waals surface area contributed by atoms with E-state index < -0.39 is 11.7 Å². The number of halogens is 1. The van der Waals surface area contributed by atoms with Crippen LogP contribution in [0.25, 0.3) is 22.0 Å². The van der Waals surface area contributed by atoms with Crippen molar-refractivity contribution in [1.82, 2.24) is 9.97 Å². The largest absolute Gasteiger partial charge is 0.497 e. The zero-order valence-corrected chi connectivity index (χ0v) is 17.3. The molecule has 0 aliphatic rings. The number of nitriles is 1. The van der Waals surface area contributed by atoms with E-state index in [1.54, 1.807) is 24.4 Å². The van der Waals surface area contributed by atoms with E-state index in [1.165, 1.54) is 19.2 Å². The van der Waals surface area contributed by atoms with Crippen LogP contribution in [0.15, 0.2) is 60.8 Å². The van der Waals surface area contributed by atoms with Crippen molar-refractivity contribution in [3.05, 3.63) is 89.1 Å². The van der Waals surface area contributed by atoms with Crippen molar-refractivity contribution in [2.75, 3.05) is 7.11 Å². The molecule has 0 bridgehead atoms. The quantitative estimate of drug-likeness (QED) is 0.498. The molecule has 0 atom stereocenters. The molecule has 0 saturated heterocycles. The van der Waals surface area contributed by atoms with Crippen LogP contribution in [0.3, 0.4) is 0 Å². The minimum atomic E-state index is -0.684. The van der Waals surface area contributed by atoms with Crippen LogP contribution in [-0.4, -0.2) is 23.0 Å². The van der Waals surface area contributed by atoms with Crippen molar-refractivity contribution in [1.29, 1.82) is 5.26 Å². The van der Waals surface area contributed by atoms with Gasteiger partial charge in [0.1, 0.15) is 29.0 Å². The second-order valence-corrected chi connectivity index (χ2v) is 7.28. The van der Waals surface area contributed by atoms with E-state index in [4.69, 9.17) is 15.7 Å². The summed E-state index contributed by atoms with van der Waals surface area (Å²) in [5.41, 5.74) is 9.35. The summed E-state index contributed by atoms with van der Waals surface area (Å²) in [6.45, 7) is 0. The van der Waals surface area contributed by atoms with Gasteiger partial charge in [-0.2, -0.15) is 5.26 Å². The highest BCUT2D eigenvalue weighted by atomic mass is 19.1. The molecule has 1 amide bonds. The number of hydrogen-bond acceptors (Lipinski definition) is 5. The predicted molar refractivity (Wildman–Crippen MR) is 119 cm³/mol. The summed E-state index contributed by atoms with van der Waals surface area (Å²) in [5, 5.41) is 9.58. The van der Waals surface area contributed by atoms with Crippen LogP contribution in [0, 0.1) is 17.1 Å². The Hall–Kier alpha value is -4.31. The van der Waals surface area contributed by atoms with Crippen molar-refractivity contribution in [3.63, 3.8) is 0 Å². The predicted octanol–water partition coefficient (Wildman–Crippen LogP) is 4.20. The third kappa shape index (κ3) is 4.25. The van der Waals surface area contributed by atoms with Gasteiger partial charge >= 0.3 is 0 Å². The number of aryl methyl sites for hydroxylation is 2. The molecule has 4 rings (SSSR count). The van der Waals surface area contributed by atoms with Gasteiger partial charge in [-0.3, -0.25) is 4.79 Å². The van der Waals surface area contributed by atoms with E-state index in [2.05, 4.69) is 9.97 Å². The number of nitrogens with two attached hydrogens (primary N) is 1. The number of aromatic nitrogens is 2. The molecule has 0 radical (unpaired) electrons. The van der Waals surface area contributed by atoms with Gasteiger partial charge in [0.25, 0.3) is 5.91 Å². The number of nitrogens with zero attached hydrogens (tertiary/aromatic N) is 3. The van der Waals surface area contributed by atoms with Crippen molar-refractivity contribution in [2.24, 2.45) is 5.73 Å².